The molecule has 21 heavy (non-hydrogen) atoms. The molecule has 2 aliphatic rings. The maximum Gasteiger partial charge on any atom is 0.338 e. The van der Waals surface area contributed by atoms with Crippen LogP contribution in [0.4, 0.5) is 0 Å². The van der Waals surface area contributed by atoms with E-state index >= 15 is 0 Å². The van der Waals surface area contributed by atoms with E-state index in [4.69, 9.17) is 16.3 Å². The highest BCUT2D eigenvalue weighted by molar-refractivity contribution is 9.10. The first-order valence-electron chi connectivity index (χ1n) is 7.42. The van der Waals surface area contributed by atoms with Crippen molar-refractivity contribution < 1.29 is 9.53 Å². The van der Waals surface area contributed by atoms with Crippen molar-refractivity contribution in [3.05, 3.63) is 33.3 Å². The molecule has 114 valence electrons. The zero-order valence-corrected chi connectivity index (χ0v) is 14.9. The van der Waals surface area contributed by atoms with Crippen LogP contribution in [-0.2, 0) is 4.74 Å². The van der Waals surface area contributed by atoms with Gasteiger partial charge in [-0.25, -0.2) is 4.79 Å². The molecule has 0 radical (unpaired) electrons. The van der Waals surface area contributed by atoms with Crippen LogP contribution in [0, 0.1) is 16.7 Å². The summed E-state index contributed by atoms with van der Waals surface area (Å²) in [5.74, 6) is 0.396. The third-order valence-corrected chi connectivity index (χ3v) is 7.35. The van der Waals surface area contributed by atoms with Crippen LogP contribution in [-0.4, -0.2) is 12.1 Å². The number of benzene rings is 1. The largest absolute Gasteiger partial charge is 0.458 e. The van der Waals surface area contributed by atoms with Crippen LogP contribution >= 0.6 is 27.5 Å². The summed E-state index contributed by atoms with van der Waals surface area (Å²) in [4.78, 5) is 12.4. The van der Waals surface area contributed by atoms with E-state index in [9.17, 15) is 4.79 Å². The van der Waals surface area contributed by atoms with E-state index in [1.165, 1.54) is 6.42 Å². The number of hydrogen-bond donors (Lipinski definition) is 0. The molecule has 3 rings (SSSR count). The van der Waals surface area contributed by atoms with E-state index in [-0.39, 0.29) is 22.9 Å². The van der Waals surface area contributed by atoms with Crippen LogP contribution in [0.5, 0.6) is 0 Å². The van der Waals surface area contributed by atoms with Crippen LogP contribution in [0.25, 0.3) is 0 Å². The van der Waals surface area contributed by atoms with Crippen molar-refractivity contribution in [1.29, 1.82) is 0 Å². The van der Waals surface area contributed by atoms with Gasteiger partial charge in [-0.3, -0.25) is 0 Å². The first-order chi connectivity index (χ1) is 9.75. The molecule has 0 saturated heterocycles. The summed E-state index contributed by atoms with van der Waals surface area (Å²) in [5, 5.41) is 0.531. The van der Waals surface area contributed by atoms with Gasteiger partial charge in [0.25, 0.3) is 0 Å². The molecular formula is C17H20BrClO2. The summed E-state index contributed by atoms with van der Waals surface area (Å²) in [6.07, 6.45) is 3.39. The van der Waals surface area contributed by atoms with Crippen molar-refractivity contribution in [3.8, 4) is 0 Å². The van der Waals surface area contributed by atoms with E-state index in [2.05, 4.69) is 36.7 Å². The zero-order chi connectivity index (χ0) is 15.4. The monoisotopic (exact) mass is 370 g/mol. The third-order valence-electron chi connectivity index (χ3n) is 6.12. The second kappa shape index (κ2) is 4.99. The lowest BCUT2D eigenvalue weighted by atomic mass is 9.70. The second-order valence-electron chi connectivity index (χ2n) is 7.13. The Morgan fingerprint density at radius 1 is 1.38 bits per heavy atom. The van der Waals surface area contributed by atoms with Gasteiger partial charge in [-0.05, 0) is 64.7 Å². The molecule has 4 heteroatoms. The van der Waals surface area contributed by atoms with Crippen molar-refractivity contribution in [2.45, 2.75) is 46.1 Å². The predicted octanol–water partition coefficient (Wildman–Crippen LogP) is 5.47. The number of ether oxygens (including phenoxy) is 1. The highest BCUT2D eigenvalue weighted by Crippen LogP contribution is 2.66. The lowest BCUT2D eigenvalue weighted by Gasteiger charge is -2.38. The molecule has 2 fully saturated rings. The summed E-state index contributed by atoms with van der Waals surface area (Å²) in [6.45, 7) is 6.90. The number of fused-ring (bicyclic) bond motifs is 2. The fourth-order valence-electron chi connectivity index (χ4n) is 4.13. The topological polar surface area (TPSA) is 26.3 Å². The van der Waals surface area contributed by atoms with Gasteiger partial charge in [0.2, 0.25) is 0 Å². The van der Waals surface area contributed by atoms with Crippen molar-refractivity contribution in [3.63, 3.8) is 0 Å². The Morgan fingerprint density at radius 2 is 2.10 bits per heavy atom. The van der Waals surface area contributed by atoms with E-state index in [0.717, 1.165) is 17.3 Å². The van der Waals surface area contributed by atoms with Gasteiger partial charge < -0.3 is 4.74 Å². The van der Waals surface area contributed by atoms with Crippen LogP contribution in [0.3, 0.4) is 0 Å². The summed E-state index contributed by atoms with van der Waals surface area (Å²) >= 11 is 9.39. The molecule has 3 atom stereocenters. The second-order valence-corrected chi connectivity index (χ2v) is 8.39. The highest BCUT2D eigenvalue weighted by Gasteiger charge is 2.62. The molecule has 0 N–H and O–H groups in total. The van der Waals surface area contributed by atoms with Crippen LogP contribution in [0.15, 0.2) is 22.7 Å². The molecule has 0 amide bonds. The minimum absolute atomic E-state index is 0.0150. The van der Waals surface area contributed by atoms with Gasteiger partial charge in [-0.15, -0.1) is 0 Å². The van der Waals surface area contributed by atoms with Gasteiger partial charge in [-0.2, -0.15) is 0 Å². The number of carbonyl (C=O) groups excluding carboxylic acids is 1. The molecule has 0 aliphatic heterocycles. The summed E-state index contributed by atoms with van der Waals surface area (Å²) in [7, 11) is 0. The Balaban J connectivity index is 1.79. The minimum Gasteiger partial charge on any atom is -0.458 e. The first kappa shape index (κ1) is 15.4. The minimum atomic E-state index is -0.265. The van der Waals surface area contributed by atoms with Gasteiger partial charge in [0.1, 0.15) is 6.10 Å². The van der Waals surface area contributed by atoms with E-state index < -0.39 is 0 Å². The smallest absolute Gasteiger partial charge is 0.338 e. The molecule has 0 spiro atoms. The van der Waals surface area contributed by atoms with Crippen molar-refractivity contribution >= 4 is 33.5 Å². The number of halogens is 2. The third kappa shape index (κ3) is 2.24. The predicted molar refractivity (Wildman–Crippen MR) is 87.6 cm³/mol. The molecular weight excluding hydrogens is 352 g/mol. The van der Waals surface area contributed by atoms with Gasteiger partial charge in [0.15, 0.2) is 0 Å². The van der Waals surface area contributed by atoms with Crippen LogP contribution in [0.2, 0.25) is 5.02 Å². The normalized spacial score (nSPS) is 33.2. The van der Waals surface area contributed by atoms with E-state index in [0.29, 0.717) is 16.5 Å². The average molecular weight is 372 g/mol. The number of carbonyl (C=O) groups is 1. The molecule has 2 saturated carbocycles. The maximum atomic E-state index is 12.4. The lowest BCUT2D eigenvalue weighted by molar-refractivity contribution is -0.0242. The van der Waals surface area contributed by atoms with Crippen molar-refractivity contribution in [2.75, 3.05) is 0 Å². The standard InChI is InChI=1S/C17H20BrClO2/c1-16(2)11-6-7-17(16,3)14(9-11)21-15(20)10-4-5-12(18)13(19)8-10/h4-5,8,11,14H,6-7,9H2,1-3H3. The molecule has 1 aromatic rings. The molecule has 0 aromatic heterocycles. The van der Waals surface area contributed by atoms with E-state index in [1.54, 1.807) is 18.2 Å². The average Bonchev–Trinajstić information content (AvgIpc) is 2.75. The summed E-state index contributed by atoms with van der Waals surface area (Å²) in [6, 6.07) is 5.19. The molecule has 0 heterocycles. The number of esters is 1. The van der Waals surface area contributed by atoms with Crippen LogP contribution in [0.1, 0.15) is 50.4 Å². The van der Waals surface area contributed by atoms with Crippen LogP contribution < -0.4 is 0 Å². The van der Waals surface area contributed by atoms with Gasteiger partial charge in [0.05, 0.1) is 10.6 Å². The Bertz CT molecular complexity index is 598. The Morgan fingerprint density at radius 3 is 2.62 bits per heavy atom. The maximum absolute atomic E-state index is 12.4. The Hall–Kier alpha value is -0.540. The van der Waals surface area contributed by atoms with Crippen molar-refractivity contribution in [2.24, 2.45) is 16.7 Å². The Kier molecular flexibility index (Phi) is 3.65. The van der Waals surface area contributed by atoms with Gasteiger partial charge >= 0.3 is 5.97 Å². The molecule has 3 unspecified atom stereocenters. The fourth-order valence-corrected chi connectivity index (χ4v) is 4.56. The number of rotatable bonds is 2. The molecule has 2 nitrogen and oxygen atoms in total. The first-order valence-corrected chi connectivity index (χ1v) is 8.59. The molecule has 2 bridgehead atoms. The Labute approximate surface area is 139 Å². The summed E-state index contributed by atoms with van der Waals surface area (Å²) in [5.41, 5.74) is 0.856. The van der Waals surface area contributed by atoms with Crippen molar-refractivity contribution in [1.82, 2.24) is 0 Å². The molecule has 2 aliphatic carbocycles. The van der Waals surface area contributed by atoms with E-state index in [1.807, 2.05) is 0 Å². The molecule has 1 aromatic carbocycles. The van der Waals surface area contributed by atoms with Gasteiger partial charge in [0, 0.05) is 9.89 Å². The highest BCUT2D eigenvalue weighted by atomic mass is 79.9. The fraction of sp³-hybridized carbons (Fsp3) is 0.588. The summed E-state index contributed by atoms with van der Waals surface area (Å²) < 4.78 is 6.64. The lowest BCUT2D eigenvalue weighted by Crippen LogP contribution is -2.38. The SMILES string of the molecule is CC1(C)C2CCC1(C)C(OC(=O)c1ccc(Br)c(Cl)c1)C2. The quantitative estimate of drug-likeness (QED) is 0.644. The zero-order valence-electron chi connectivity index (χ0n) is 12.6. The number of hydrogen-bond acceptors (Lipinski definition) is 2. The van der Waals surface area contributed by atoms with Gasteiger partial charge in [-0.1, -0.05) is 32.4 Å².